The summed E-state index contributed by atoms with van der Waals surface area (Å²) in [6.45, 7) is 1.09. The molecular formula is C17H21ClF3N5O. The molecule has 1 fully saturated rings. The number of carbonyl (C=O) groups excluding carboxylic acids is 1. The van der Waals surface area contributed by atoms with E-state index in [0.29, 0.717) is 26.2 Å². The molecule has 1 amide bonds. The Morgan fingerprint density at radius 1 is 1.19 bits per heavy atom. The average Bonchev–Trinajstić information content (AvgIpc) is 3.12. The molecule has 1 atom stereocenters. The third-order valence-corrected chi connectivity index (χ3v) is 4.27. The molecule has 6 nitrogen and oxygen atoms in total. The quantitative estimate of drug-likeness (QED) is 0.800. The number of rotatable bonds is 5. The van der Waals surface area contributed by atoms with Crippen LogP contribution in [0, 0.1) is 0 Å². The van der Waals surface area contributed by atoms with E-state index >= 15 is 0 Å². The number of hydrogen-bond acceptors (Lipinski definition) is 4. The van der Waals surface area contributed by atoms with Gasteiger partial charge < -0.3 is 10.6 Å². The van der Waals surface area contributed by atoms with Crippen LogP contribution in [-0.2, 0) is 0 Å². The largest absolute Gasteiger partial charge is 0.405 e. The highest BCUT2D eigenvalue weighted by atomic mass is 35.5. The molecule has 2 heterocycles. The number of benzene rings is 1. The predicted molar refractivity (Wildman–Crippen MR) is 97.4 cm³/mol. The van der Waals surface area contributed by atoms with Gasteiger partial charge in [0.1, 0.15) is 6.04 Å². The average molecular weight is 404 g/mol. The molecule has 2 N–H and O–H groups in total. The Bertz CT molecular complexity index is 732. The SMILES string of the molecule is Cl.O=C(NCC(N1CCNCC1)C(F)(F)F)c1ccn(-c2ccccc2)n1. The number of nitrogens with zero attached hydrogens (tertiary/aromatic N) is 3. The molecule has 1 aliphatic rings. The standard InChI is InChI=1S/C17H20F3N5O.ClH/c18-17(19,20)15(24-10-7-21-8-11-24)12-22-16(26)14-6-9-25(23-14)13-4-2-1-3-5-13;/h1-6,9,15,21H,7-8,10-12H2,(H,22,26);1H. The fraction of sp³-hybridized carbons (Fsp3) is 0.412. The number of halogens is 4. The van der Waals surface area contributed by atoms with Crippen LogP contribution in [-0.4, -0.2) is 65.5 Å². The zero-order valence-electron chi connectivity index (χ0n) is 14.4. The van der Waals surface area contributed by atoms with Gasteiger partial charge in [0.25, 0.3) is 5.91 Å². The van der Waals surface area contributed by atoms with Crippen molar-refractivity contribution in [3.63, 3.8) is 0 Å². The number of alkyl halides is 3. The van der Waals surface area contributed by atoms with E-state index < -0.39 is 24.7 Å². The summed E-state index contributed by atoms with van der Waals surface area (Å²) in [5.74, 6) is -0.621. The monoisotopic (exact) mass is 403 g/mol. The van der Waals surface area contributed by atoms with Gasteiger partial charge in [-0.15, -0.1) is 12.4 Å². The molecule has 1 aliphatic heterocycles. The summed E-state index contributed by atoms with van der Waals surface area (Å²) in [5.41, 5.74) is 0.843. The predicted octanol–water partition coefficient (Wildman–Crippen LogP) is 1.86. The van der Waals surface area contributed by atoms with Gasteiger partial charge in [0.15, 0.2) is 5.69 Å². The topological polar surface area (TPSA) is 62.2 Å². The lowest BCUT2D eigenvalue weighted by Crippen LogP contribution is -2.57. The Morgan fingerprint density at radius 3 is 2.48 bits per heavy atom. The zero-order valence-corrected chi connectivity index (χ0v) is 15.3. The smallest absolute Gasteiger partial charge is 0.349 e. The Kier molecular flexibility index (Phi) is 7.23. The van der Waals surface area contributed by atoms with Gasteiger partial charge in [-0.2, -0.15) is 18.3 Å². The number of hydrogen-bond donors (Lipinski definition) is 2. The van der Waals surface area contributed by atoms with Crippen molar-refractivity contribution in [1.29, 1.82) is 0 Å². The van der Waals surface area contributed by atoms with Crippen LogP contribution in [0.4, 0.5) is 13.2 Å². The highest BCUT2D eigenvalue weighted by molar-refractivity contribution is 5.92. The van der Waals surface area contributed by atoms with Crippen LogP contribution in [0.25, 0.3) is 5.69 Å². The van der Waals surface area contributed by atoms with Gasteiger partial charge in [-0.1, -0.05) is 18.2 Å². The van der Waals surface area contributed by atoms with Crippen LogP contribution >= 0.6 is 12.4 Å². The Balaban J connectivity index is 0.00000261. The molecular weight excluding hydrogens is 383 g/mol. The first-order chi connectivity index (χ1) is 12.4. The van der Waals surface area contributed by atoms with E-state index in [2.05, 4.69) is 15.7 Å². The second-order valence-corrected chi connectivity index (χ2v) is 6.03. The summed E-state index contributed by atoms with van der Waals surface area (Å²) in [5, 5.41) is 9.52. The highest BCUT2D eigenvalue weighted by Crippen LogP contribution is 2.24. The van der Waals surface area contributed by atoms with E-state index in [0.717, 1.165) is 5.69 Å². The maximum absolute atomic E-state index is 13.3. The van der Waals surface area contributed by atoms with Crippen LogP contribution in [0.1, 0.15) is 10.5 Å². The number of para-hydroxylation sites is 1. The van der Waals surface area contributed by atoms with Crippen molar-refractivity contribution < 1.29 is 18.0 Å². The number of amides is 1. The van der Waals surface area contributed by atoms with Gasteiger partial charge in [0, 0.05) is 38.9 Å². The molecule has 2 aromatic rings. The number of piperazine rings is 1. The number of nitrogens with one attached hydrogen (secondary N) is 2. The van der Waals surface area contributed by atoms with E-state index in [4.69, 9.17) is 0 Å². The van der Waals surface area contributed by atoms with Crippen molar-refractivity contribution >= 4 is 18.3 Å². The molecule has 0 saturated carbocycles. The van der Waals surface area contributed by atoms with Gasteiger partial charge in [0.05, 0.1) is 5.69 Å². The molecule has 0 bridgehead atoms. The maximum atomic E-state index is 13.3. The molecule has 27 heavy (non-hydrogen) atoms. The van der Waals surface area contributed by atoms with Crippen molar-refractivity contribution in [3.05, 3.63) is 48.3 Å². The summed E-state index contributed by atoms with van der Waals surface area (Å²) in [6.07, 6.45) is -2.81. The summed E-state index contributed by atoms with van der Waals surface area (Å²) in [7, 11) is 0. The minimum atomic E-state index is -4.41. The Labute approximate surface area is 161 Å². The third-order valence-electron chi connectivity index (χ3n) is 4.27. The summed E-state index contributed by atoms with van der Waals surface area (Å²) in [6, 6.07) is 8.93. The van der Waals surface area contributed by atoms with Crippen molar-refractivity contribution in [3.8, 4) is 5.69 Å². The molecule has 0 aliphatic carbocycles. The molecule has 1 saturated heterocycles. The van der Waals surface area contributed by atoms with Crippen molar-refractivity contribution in [2.75, 3.05) is 32.7 Å². The molecule has 1 aromatic heterocycles. The molecule has 148 valence electrons. The van der Waals surface area contributed by atoms with Gasteiger partial charge in [-0.05, 0) is 18.2 Å². The first-order valence-electron chi connectivity index (χ1n) is 8.36. The second kappa shape index (κ2) is 9.20. The fourth-order valence-electron chi connectivity index (χ4n) is 2.90. The highest BCUT2D eigenvalue weighted by Gasteiger charge is 2.43. The minimum absolute atomic E-state index is 0. The van der Waals surface area contributed by atoms with Crippen LogP contribution in [0.3, 0.4) is 0 Å². The molecule has 0 spiro atoms. The van der Waals surface area contributed by atoms with E-state index in [1.165, 1.54) is 15.6 Å². The van der Waals surface area contributed by atoms with Gasteiger partial charge in [0.2, 0.25) is 0 Å². The van der Waals surface area contributed by atoms with Crippen molar-refractivity contribution in [2.24, 2.45) is 0 Å². The third kappa shape index (κ3) is 5.44. The van der Waals surface area contributed by atoms with Crippen LogP contribution < -0.4 is 10.6 Å². The van der Waals surface area contributed by atoms with E-state index in [1.54, 1.807) is 6.20 Å². The van der Waals surface area contributed by atoms with Crippen LogP contribution in [0.15, 0.2) is 42.6 Å². The van der Waals surface area contributed by atoms with Gasteiger partial charge in [-0.3, -0.25) is 9.69 Å². The van der Waals surface area contributed by atoms with E-state index in [-0.39, 0.29) is 18.1 Å². The molecule has 3 rings (SSSR count). The summed E-state index contributed by atoms with van der Waals surface area (Å²) >= 11 is 0. The van der Waals surface area contributed by atoms with Crippen LogP contribution in [0.2, 0.25) is 0 Å². The van der Waals surface area contributed by atoms with Crippen molar-refractivity contribution in [2.45, 2.75) is 12.2 Å². The maximum Gasteiger partial charge on any atom is 0.405 e. The molecule has 10 heteroatoms. The lowest BCUT2D eigenvalue weighted by molar-refractivity contribution is -0.183. The zero-order chi connectivity index (χ0) is 18.6. The molecule has 0 radical (unpaired) electrons. The summed E-state index contributed by atoms with van der Waals surface area (Å²) < 4.78 is 41.6. The first kappa shape index (κ1) is 21.2. The van der Waals surface area contributed by atoms with Crippen molar-refractivity contribution in [1.82, 2.24) is 25.3 Å². The molecule has 1 aromatic carbocycles. The normalized spacial score (nSPS) is 16.4. The van der Waals surface area contributed by atoms with Gasteiger partial charge in [-0.25, -0.2) is 4.68 Å². The fourth-order valence-corrected chi connectivity index (χ4v) is 2.90. The first-order valence-corrected chi connectivity index (χ1v) is 8.36. The van der Waals surface area contributed by atoms with E-state index in [1.807, 2.05) is 30.3 Å². The minimum Gasteiger partial charge on any atom is -0.349 e. The second-order valence-electron chi connectivity index (χ2n) is 6.03. The van der Waals surface area contributed by atoms with Gasteiger partial charge >= 0.3 is 6.18 Å². The lowest BCUT2D eigenvalue weighted by atomic mass is 10.2. The number of aromatic nitrogens is 2. The van der Waals surface area contributed by atoms with Crippen LogP contribution in [0.5, 0.6) is 0 Å². The molecule has 1 unspecified atom stereocenters. The number of carbonyl (C=O) groups is 1. The Morgan fingerprint density at radius 2 is 1.85 bits per heavy atom. The Hall–Kier alpha value is -2.10. The lowest BCUT2D eigenvalue weighted by Gasteiger charge is -2.35. The van der Waals surface area contributed by atoms with E-state index in [9.17, 15) is 18.0 Å². The summed E-state index contributed by atoms with van der Waals surface area (Å²) in [4.78, 5) is 13.6.